The first-order chi connectivity index (χ1) is 13.6. The fraction of sp³-hybridized carbons (Fsp3) is 0.619. The molecule has 1 aromatic rings. The summed E-state index contributed by atoms with van der Waals surface area (Å²) in [7, 11) is 1.67. The number of nitrogens with one attached hydrogen (secondary N) is 1. The van der Waals surface area contributed by atoms with Crippen LogP contribution in [0, 0.1) is 5.92 Å². The zero-order chi connectivity index (χ0) is 19.5. The van der Waals surface area contributed by atoms with E-state index in [2.05, 4.69) is 22.3 Å². The number of rotatable bonds is 4. The van der Waals surface area contributed by atoms with Gasteiger partial charge in [0, 0.05) is 56.9 Å². The van der Waals surface area contributed by atoms with Gasteiger partial charge in [0.25, 0.3) is 0 Å². The van der Waals surface area contributed by atoms with Crippen LogP contribution in [0.4, 0.5) is 10.5 Å². The Kier molecular flexibility index (Phi) is 5.59. The number of benzene rings is 1. The minimum absolute atomic E-state index is 0.0431. The van der Waals surface area contributed by atoms with Crippen LogP contribution in [0.3, 0.4) is 0 Å². The van der Waals surface area contributed by atoms with Crippen molar-refractivity contribution in [3.8, 4) is 5.75 Å². The molecule has 7 heteroatoms. The number of methoxy groups -OCH3 is 1. The third-order valence-corrected chi connectivity index (χ3v) is 6.07. The fourth-order valence-electron chi connectivity index (χ4n) is 4.06. The summed E-state index contributed by atoms with van der Waals surface area (Å²) < 4.78 is 5.22. The van der Waals surface area contributed by atoms with Crippen LogP contribution in [0.5, 0.6) is 5.75 Å². The topological polar surface area (TPSA) is 65.1 Å². The molecule has 1 N–H and O–H groups in total. The van der Waals surface area contributed by atoms with Gasteiger partial charge in [-0.15, -0.1) is 0 Å². The van der Waals surface area contributed by atoms with Gasteiger partial charge in [-0.2, -0.15) is 0 Å². The number of nitrogens with zero attached hydrogens (tertiary/aromatic N) is 3. The van der Waals surface area contributed by atoms with E-state index in [9.17, 15) is 9.59 Å². The number of hydrogen-bond donors (Lipinski definition) is 1. The highest BCUT2D eigenvalue weighted by atomic mass is 16.5. The van der Waals surface area contributed by atoms with Gasteiger partial charge in [-0.3, -0.25) is 4.79 Å². The van der Waals surface area contributed by atoms with E-state index in [4.69, 9.17) is 4.74 Å². The number of piperidine rings is 1. The predicted octanol–water partition coefficient (Wildman–Crippen LogP) is 1.93. The van der Waals surface area contributed by atoms with Crippen molar-refractivity contribution in [1.29, 1.82) is 0 Å². The van der Waals surface area contributed by atoms with E-state index >= 15 is 0 Å². The summed E-state index contributed by atoms with van der Waals surface area (Å²) >= 11 is 0. The van der Waals surface area contributed by atoms with Crippen molar-refractivity contribution in [2.45, 2.75) is 31.7 Å². The summed E-state index contributed by atoms with van der Waals surface area (Å²) in [6.45, 7) is 4.57. The molecule has 0 aromatic heterocycles. The lowest BCUT2D eigenvalue weighted by Crippen LogP contribution is -2.52. The highest BCUT2D eigenvalue weighted by Gasteiger charge is 2.33. The first kappa shape index (κ1) is 18.9. The highest BCUT2D eigenvalue weighted by Crippen LogP contribution is 2.24. The molecule has 0 atom stereocenters. The zero-order valence-electron chi connectivity index (χ0n) is 16.6. The molecule has 3 amide bonds. The number of piperazine rings is 1. The molecule has 3 aliphatic rings. The number of carbonyl (C=O) groups excluding carboxylic acids is 2. The molecule has 28 heavy (non-hydrogen) atoms. The molecule has 0 unspecified atom stereocenters. The second-order valence-corrected chi connectivity index (χ2v) is 8.00. The summed E-state index contributed by atoms with van der Waals surface area (Å²) in [5.41, 5.74) is 1.17. The minimum atomic E-state index is 0.0431. The number of hydrogen-bond acceptors (Lipinski definition) is 4. The summed E-state index contributed by atoms with van der Waals surface area (Å²) in [5.74, 6) is 1.17. The summed E-state index contributed by atoms with van der Waals surface area (Å²) in [4.78, 5) is 31.2. The maximum atomic E-state index is 12.9. The van der Waals surface area contributed by atoms with Crippen LogP contribution < -0.4 is 15.0 Å². The molecule has 2 aliphatic heterocycles. The molecule has 1 saturated carbocycles. The van der Waals surface area contributed by atoms with Gasteiger partial charge in [-0.05, 0) is 49.9 Å². The number of carbonyl (C=O) groups is 2. The van der Waals surface area contributed by atoms with E-state index in [0.29, 0.717) is 19.1 Å². The van der Waals surface area contributed by atoms with E-state index in [1.54, 1.807) is 7.11 Å². The SMILES string of the molecule is COc1ccc(N2CCN(C(=O)C3CCN(C(=O)NC4CC4)CC3)CC2)cc1. The molecule has 152 valence electrons. The number of anilines is 1. The zero-order valence-corrected chi connectivity index (χ0v) is 16.6. The Morgan fingerprint density at radius 3 is 2.11 bits per heavy atom. The Labute approximate surface area is 166 Å². The van der Waals surface area contributed by atoms with Crippen molar-refractivity contribution in [1.82, 2.24) is 15.1 Å². The predicted molar refractivity (Wildman–Crippen MR) is 108 cm³/mol. The normalized spacial score (nSPS) is 20.8. The highest BCUT2D eigenvalue weighted by molar-refractivity contribution is 5.80. The standard InChI is InChI=1S/C21H30N4O3/c1-28-19-6-4-18(5-7-19)23-12-14-24(15-13-23)20(26)16-8-10-25(11-9-16)21(27)22-17-2-3-17/h4-7,16-17H,2-3,8-15H2,1H3,(H,22,27). The first-order valence-electron chi connectivity index (χ1n) is 10.4. The van der Waals surface area contributed by atoms with Crippen molar-refractivity contribution in [2.75, 3.05) is 51.3 Å². The molecule has 1 aromatic carbocycles. The monoisotopic (exact) mass is 386 g/mol. The van der Waals surface area contributed by atoms with Crippen LogP contribution in [0.25, 0.3) is 0 Å². The Morgan fingerprint density at radius 2 is 1.54 bits per heavy atom. The maximum Gasteiger partial charge on any atom is 0.317 e. The minimum Gasteiger partial charge on any atom is -0.497 e. The number of likely N-dealkylation sites (tertiary alicyclic amines) is 1. The van der Waals surface area contributed by atoms with E-state index in [1.165, 1.54) is 5.69 Å². The number of urea groups is 1. The lowest BCUT2D eigenvalue weighted by Gasteiger charge is -2.39. The van der Waals surface area contributed by atoms with Gasteiger partial charge in [-0.1, -0.05) is 0 Å². The van der Waals surface area contributed by atoms with E-state index in [1.807, 2.05) is 21.9 Å². The van der Waals surface area contributed by atoms with Gasteiger partial charge in [0.1, 0.15) is 5.75 Å². The van der Waals surface area contributed by atoms with Crippen LogP contribution in [0.1, 0.15) is 25.7 Å². The van der Waals surface area contributed by atoms with Crippen molar-refractivity contribution in [3.63, 3.8) is 0 Å². The van der Waals surface area contributed by atoms with Gasteiger partial charge < -0.3 is 24.8 Å². The van der Waals surface area contributed by atoms with Gasteiger partial charge in [0.15, 0.2) is 0 Å². The second-order valence-electron chi connectivity index (χ2n) is 8.00. The third-order valence-electron chi connectivity index (χ3n) is 6.07. The van der Waals surface area contributed by atoms with Crippen LogP contribution in [-0.4, -0.2) is 74.2 Å². The molecule has 7 nitrogen and oxygen atoms in total. The molecule has 0 bridgehead atoms. The molecule has 2 saturated heterocycles. The van der Waals surface area contributed by atoms with Gasteiger partial charge in [0.05, 0.1) is 7.11 Å². The summed E-state index contributed by atoms with van der Waals surface area (Å²) in [5, 5.41) is 3.04. The van der Waals surface area contributed by atoms with Gasteiger partial charge in [-0.25, -0.2) is 4.79 Å². The van der Waals surface area contributed by atoms with Crippen LogP contribution in [0.2, 0.25) is 0 Å². The Hall–Kier alpha value is -2.44. The van der Waals surface area contributed by atoms with Crippen LogP contribution in [0.15, 0.2) is 24.3 Å². The number of ether oxygens (including phenoxy) is 1. The lowest BCUT2D eigenvalue weighted by molar-refractivity contribution is -0.137. The molecular weight excluding hydrogens is 356 g/mol. The molecule has 0 radical (unpaired) electrons. The fourth-order valence-corrected chi connectivity index (χ4v) is 4.06. The molecular formula is C21H30N4O3. The van der Waals surface area contributed by atoms with E-state index in [-0.39, 0.29) is 17.9 Å². The molecule has 1 aliphatic carbocycles. The molecule has 2 heterocycles. The quantitative estimate of drug-likeness (QED) is 0.859. The maximum absolute atomic E-state index is 12.9. The Bertz CT molecular complexity index is 688. The average molecular weight is 386 g/mol. The van der Waals surface area contributed by atoms with Gasteiger partial charge in [0.2, 0.25) is 5.91 Å². The number of amides is 3. The van der Waals surface area contributed by atoms with Crippen molar-refractivity contribution in [3.05, 3.63) is 24.3 Å². The summed E-state index contributed by atoms with van der Waals surface area (Å²) in [6, 6.07) is 8.51. The van der Waals surface area contributed by atoms with E-state index in [0.717, 1.165) is 57.6 Å². The largest absolute Gasteiger partial charge is 0.497 e. The Balaban J connectivity index is 1.23. The molecule has 0 spiro atoms. The van der Waals surface area contributed by atoms with Crippen LogP contribution in [-0.2, 0) is 4.79 Å². The second kappa shape index (κ2) is 8.29. The van der Waals surface area contributed by atoms with Crippen molar-refractivity contribution in [2.24, 2.45) is 5.92 Å². The molecule has 4 rings (SSSR count). The lowest BCUT2D eigenvalue weighted by atomic mass is 9.95. The average Bonchev–Trinajstić information content (AvgIpc) is 3.57. The van der Waals surface area contributed by atoms with Gasteiger partial charge >= 0.3 is 6.03 Å². The first-order valence-corrected chi connectivity index (χ1v) is 10.4. The Morgan fingerprint density at radius 1 is 0.893 bits per heavy atom. The van der Waals surface area contributed by atoms with Crippen molar-refractivity contribution >= 4 is 17.6 Å². The summed E-state index contributed by atoms with van der Waals surface area (Å²) in [6.07, 6.45) is 3.75. The third kappa shape index (κ3) is 4.34. The smallest absolute Gasteiger partial charge is 0.317 e. The molecule has 3 fully saturated rings. The van der Waals surface area contributed by atoms with Crippen LogP contribution >= 0.6 is 0 Å². The van der Waals surface area contributed by atoms with Crippen molar-refractivity contribution < 1.29 is 14.3 Å². The van der Waals surface area contributed by atoms with E-state index < -0.39 is 0 Å².